The lowest BCUT2D eigenvalue weighted by Crippen LogP contribution is -2.00. The second-order valence-electron chi connectivity index (χ2n) is 4.04. The van der Waals surface area contributed by atoms with Gasteiger partial charge in [-0.2, -0.15) is 0 Å². The minimum atomic E-state index is 0.836. The Kier molecular flexibility index (Phi) is 4.42. The quantitative estimate of drug-likeness (QED) is 0.536. The Labute approximate surface area is 77.1 Å². The molecule has 0 fully saturated rings. The van der Waals surface area contributed by atoms with E-state index in [1.807, 2.05) is 0 Å². The molecule has 0 heterocycles. The van der Waals surface area contributed by atoms with Gasteiger partial charge in [-0.25, -0.2) is 0 Å². The van der Waals surface area contributed by atoms with Gasteiger partial charge in [0.05, 0.1) is 0 Å². The fourth-order valence-corrected chi connectivity index (χ4v) is 1.93. The van der Waals surface area contributed by atoms with E-state index in [1.54, 1.807) is 5.57 Å². The van der Waals surface area contributed by atoms with Crippen LogP contribution >= 0.6 is 0 Å². The summed E-state index contributed by atoms with van der Waals surface area (Å²) in [7, 11) is 0. The maximum Gasteiger partial charge on any atom is -0.0234 e. The molecular weight excluding hydrogens is 144 g/mol. The Balaban J connectivity index is 2.46. The molecule has 0 saturated heterocycles. The van der Waals surface area contributed by atoms with E-state index < -0.39 is 0 Å². The number of hydrogen-bond donors (Lipinski definition) is 0. The molecule has 0 bridgehead atoms. The highest BCUT2D eigenvalue weighted by atomic mass is 14.1. The minimum Gasteiger partial charge on any atom is -0.0851 e. The first-order valence-electron chi connectivity index (χ1n) is 5.53. The molecule has 0 aromatic rings. The third-order valence-electron chi connectivity index (χ3n) is 3.07. The van der Waals surface area contributed by atoms with Crippen molar-refractivity contribution in [3.05, 3.63) is 11.6 Å². The van der Waals surface area contributed by atoms with Gasteiger partial charge in [0.1, 0.15) is 0 Å². The Morgan fingerprint density at radius 2 is 2.00 bits per heavy atom. The molecule has 0 aromatic carbocycles. The van der Waals surface area contributed by atoms with Gasteiger partial charge in [-0.15, -0.1) is 0 Å². The molecule has 1 atom stereocenters. The molecule has 70 valence electrons. The fraction of sp³-hybridized carbons (Fsp3) is 0.833. The van der Waals surface area contributed by atoms with Gasteiger partial charge >= 0.3 is 0 Å². The molecule has 0 spiro atoms. The van der Waals surface area contributed by atoms with Gasteiger partial charge in [0.2, 0.25) is 0 Å². The molecule has 1 rings (SSSR count). The molecule has 1 unspecified atom stereocenters. The Bertz CT molecular complexity index is 144. The zero-order chi connectivity index (χ0) is 8.81. The van der Waals surface area contributed by atoms with Crippen LogP contribution in [0.4, 0.5) is 0 Å². The highest BCUT2D eigenvalue weighted by Gasteiger charge is 2.07. The van der Waals surface area contributed by atoms with E-state index in [1.165, 1.54) is 44.9 Å². The minimum absolute atomic E-state index is 0.836. The number of hydrogen-bond acceptors (Lipinski definition) is 0. The van der Waals surface area contributed by atoms with Gasteiger partial charge in [-0.1, -0.05) is 38.3 Å². The molecule has 0 heteroatoms. The molecule has 0 radical (unpaired) electrons. The molecule has 0 aromatic heterocycles. The van der Waals surface area contributed by atoms with Crippen molar-refractivity contribution < 1.29 is 0 Å². The first-order chi connectivity index (χ1) is 5.84. The van der Waals surface area contributed by atoms with Crippen molar-refractivity contribution >= 4 is 0 Å². The van der Waals surface area contributed by atoms with Gasteiger partial charge in [0, 0.05) is 0 Å². The smallest absolute Gasteiger partial charge is 0.0234 e. The van der Waals surface area contributed by atoms with Gasteiger partial charge in [0.25, 0.3) is 0 Å². The zero-order valence-corrected chi connectivity index (χ0v) is 8.60. The summed E-state index contributed by atoms with van der Waals surface area (Å²) < 4.78 is 0. The van der Waals surface area contributed by atoms with Crippen LogP contribution in [0.2, 0.25) is 0 Å². The van der Waals surface area contributed by atoms with Crippen LogP contribution in [0.5, 0.6) is 0 Å². The summed E-state index contributed by atoms with van der Waals surface area (Å²) in [4.78, 5) is 0. The normalized spacial score (nSPS) is 26.7. The van der Waals surface area contributed by atoms with Crippen molar-refractivity contribution in [2.45, 2.75) is 58.8 Å². The largest absolute Gasteiger partial charge is 0.0851 e. The maximum atomic E-state index is 2.51. The average molecular weight is 166 g/mol. The maximum absolute atomic E-state index is 2.51. The van der Waals surface area contributed by atoms with E-state index in [0.29, 0.717) is 0 Å². The molecular formula is C12H22. The van der Waals surface area contributed by atoms with E-state index in [2.05, 4.69) is 19.9 Å². The monoisotopic (exact) mass is 166 g/mol. The van der Waals surface area contributed by atoms with Crippen LogP contribution in [0, 0.1) is 5.92 Å². The van der Waals surface area contributed by atoms with Gasteiger partial charge in [-0.3, -0.25) is 0 Å². The summed E-state index contributed by atoms with van der Waals surface area (Å²) in [5.74, 6) is 0.836. The second kappa shape index (κ2) is 5.40. The van der Waals surface area contributed by atoms with Crippen LogP contribution in [0.25, 0.3) is 0 Å². The lowest BCUT2D eigenvalue weighted by molar-refractivity contribution is 0.559. The highest BCUT2D eigenvalue weighted by Crippen LogP contribution is 2.24. The summed E-state index contributed by atoms with van der Waals surface area (Å²) in [6, 6.07) is 0. The van der Waals surface area contributed by atoms with Gasteiger partial charge < -0.3 is 0 Å². The summed E-state index contributed by atoms with van der Waals surface area (Å²) in [6.07, 6.45) is 12.3. The lowest BCUT2D eigenvalue weighted by Gasteiger charge is -2.16. The van der Waals surface area contributed by atoms with E-state index >= 15 is 0 Å². The lowest BCUT2D eigenvalue weighted by atomic mass is 9.90. The summed E-state index contributed by atoms with van der Waals surface area (Å²) >= 11 is 0. The van der Waals surface area contributed by atoms with Crippen molar-refractivity contribution in [2.75, 3.05) is 0 Å². The first kappa shape index (κ1) is 9.83. The molecule has 0 N–H and O–H groups in total. The molecule has 1 aliphatic carbocycles. The van der Waals surface area contributed by atoms with E-state index in [-0.39, 0.29) is 0 Å². The molecule has 0 saturated carbocycles. The predicted molar refractivity (Wildman–Crippen MR) is 55.2 cm³/mol. The molecule has 0 amide bonds. The third-order valence-corrected chi connectivity index (χ3v) is 3.07. The van der Waals surface area contributed by atoms with Crippen LogP contribution in [0.1, 0.15) is 58.8 Å². The molecule has 0 nitrogen and oxygen atoms in total. The van der Waals surface area contributed by atoms with E-state index in [0.717, 1.165) is 5.92 Å². The topological polar surface area (TPSA) is 0 Å². The SMILES string of the molecule is CCC(C)/C1=C/CCCCCC1. The van der Waals surface area contributed by atoms with Crippen molar-refractivity contribution in [2.24, 2.45) is 5.92 Å². The van der Waals surface area contributed by atoms with Gasteiger partial charge in [0.15, 0.2) is 0 Å². The fourth-order valence-electron chi connectivity index (χ4n) is 1.93. The number of rotatable bonds is 2. The van der Waals surface area contributed by atoms with Crippen molar-refractivity contribution in [1.29, 1.82) is 0 Å². The summed E-state index contributed by atoms with van der Waals surface area (Å²) in [5.41, 5.74) is 1.73. The Morgan fingerprint density at radius 3 is 2.75 bits per heavy atom. The second-order valence-corrected chi connectivity index (χ2v) is 4.04. The van der Waals surface area contributed by atoms with Crippen LogP contribution in [0.15, 0.2) is 11.6 Å². The summed E-state index contributed by atoms with van der Waals surface area (Å²) in [5, 5.41) is 0. The third kappa shape index (κ3) is 3.00. The molecule has 0 aliphatic heterocycles. The molecule has 1 aliphatic rings. The standard InChI is InChI=1S/C12H22/c1-3-11(2)12-9-7-5-4-6-8-10-12/h9,11H,3-8,10H2,1-2H3/b12-9+. The van der Waals surface area contributed by atoms with Crippen molar-refractivity contribution in [1.82, 2.24) is 0 Å². The van der Waals surface area contributed by atoms with E-state index in [4.69, 9.17) is 0 Å². The summed E-state index contributed by atoms with van der Waals surface area (Å²) in [6.45, 7) is 4.66. The first-order valence-corrected chi connectivity index (χ1v) is 5.53. The van der Waals surface area contributed by atoms with Gasteiger partial charge in [-0.05, 0) is 38.0 Å². The van der Waals surface area contributed by atoms with Crippen LogP contribution in [-0.4, -0.2) is 0 Å². The van der Waals surface area contributed by atoms with Crippen LogP contribution < -0.4 is 0 Å². The van der Waals surface area contributed by atoms with Crippen LogP contribution in [-0.2, 0) is 0 Å². The van der Waals surface area contributed by atoms with Crippen LogP contribution in [0.3, 0.4) is 0 Å². The Hall–Kier alpha value is -0.260. The zero-order valence-electron chi connectivity index (χ0n) is 8.60. The average Bonchev–Trinajstić information content (AvgIpc) is 2.02. The predicted octanol–water partition coefficient (Wildman–Crippen LogP) is 4.31. The van der Waals surface area contributed by atoms with Crippen molar-refractivity contribution in [3.8, 4) is 0 Å². The molecule has 12 heavy (non-hydrogen) atoms. The Morgan fingerprint density at radius 1 is 1.25 bits per heavy atom. The van der Waals surface area contributed by atoms with Crippen molar-refractivity contribution in [3.63, 3.8) is 0 Å². The highest BCUT2D eigenvalue weighted by molar-refractivity contribution is 5.06. The number of allylic oxidation sites excluding steroid dienone is 2. The van der Waals surface area contributed by atoms with E-state index in [9.17, 15) is 0 Å².